The van der Waals surface area contributed by atoms with Crippen molar-refractivity contribution < 1.29 is 19.0 Å². The van der Waals surface area contributed by atoms with Crippen LogP contribution in [-0.2, 0) is 32.7 Å². The van der Waals surface area contributed by atoms with Gasteiger partial charge in [-0.2, -0.15) is 0 Å². The van der Waals surface area contributed by atoms with Crippen LogP contribution in [0.3, 0.4) is 0 Å². The molecule has 1 amide bonds. The van der Waals surface area contributed by atoms with Gasteiger partial charge in [0.1, 0.15) is 23.1 Å². The maximum absolute atomic E-state index is 12.8. The van der Waals surface area contributed by atoms with Gasteiger partial charge in [-0.3, -0.25) is 9.69 Å². The fourth-order valence-corrected chi connectivity index (χ4v) is 5.59. The summed E-state index contributed by atoms with van der Waals surface area (Å²) in [6.45, 7) is 3.13. The Kier molecular flexibility index (Phi) is 11.0. The number of carbonyl (C=O) groups is 1. The minimum Gasteiger partial charge on any atom is -0.493 e. The van der Waals surface area contributed by atoms with Crippen molar-refractivity contribution in [3.05, 3.63) is 141 Å². The molecular weight excluding hydrogens is 570 g/mol. The summed E-state index contributed by atoms with van der Waals surface area (Å²) < 4.78 is 16.9. The predicted molar refractivity (Wildman–Crippen MR) is 174 cm³/mol. The van der Waals surface area contributed by atoms with Crippen LogP contribution >= 0.6 is 11.3 Å². The molecule has 0 atom stereocenters. The molecule has 1 N–H and O–H groups in total. The topological polar surface area (TPSA) is 72.9 Å². The van der Waals surface area contributed by atoms with E-state index >= 15 is 0 Å². The van der Waals surface area contributed by atoms with E-state index in [1.165, 1.54) is 16.9 Å². The number of nitrogens with zero attached hydrogens (tertiary/aromatic N) is 2. The second kappa shape index (κ2) is 15.7. The molecule has 1 heterocycles. The van der Waals surface area contributed by atoms with Crippen LogP contribution in [0.4, 0.5) is 0 Å². The lowest BCUT2D eigenvalue weighted by Gasteiger charge is -2.22. The third-order valence-electron chi connectivity index (χ3n) is 7.18. The number of aromatic nitrogens is 1. The van der Waals surface area contributed by atoms with E-state index < -0.39 is 0 Å². The van der Waals surface area contributed by atoms with E-state index in [0.717, 1.165) is 47.0 Å². The third kappa shape index (κ3) is 8.92. The first kappa shape index (κ1) is 30.8. The number of hydrogen-bond donors (Lipinski definition) is 1. The molecule has 7 nitrogen and oxygen atoms in total. The van der Waals surface area contributed by atoms with Crippen molar-refractivity contribution in [1.82, 2.24) is 15.2 Å². The van der Waals surface area contributed by atoms with Crippen LogP contribution in [0, 0.1) is 0 Å². The van der Waals surface area contributed by atoms with Crippen LogP contribution in [0.2, 0.25) is 0 Å². The molecule has 0 aliphatic heterocycles. The van der Waals surface area contributed by atoms with Crippen molar-refractivity contribution in [2.75, 3.05) is 20.8 Å². The molecule has 44 heavy (non-hydrogen) atoms. The first-order valence-corrected chi connectivity index (χ1v) is 15.4. The Balaban J connectivity index is 1.24. The Morgan fingerprint density at radius 1 is 0.773 bits per heavy atom. The molecule has 0 fully saturated rings. The van der Waals surface area contributed by atoms with Crippen molar-refractivity contribution >= 4 is 17.2 Å². The highest BCUT2D eigenvalue weighted by Crippen LogP contribution is 2.28. The fraction of sp³-hybridized carbons (Fsp3) is 0.222. The first-order valence-electron chi connectivity index (χ1n) is 14.5. The molecule has 0 saturated heterocycles. The lowest BCUT2D eigenvalue weighted by Crippen LogP contribution is -2.26. The lowest BCUT2D eigenvalue weighted by molar-refractivity contribution is 0.0946. The van der Waals surface area contributed by atoms with E-state index in [0.29, 0.717) is 36.9 Å². The predicted octanol–water partition coefficient (Wildman–Crippen LogP) is 6.91. The Morgan fingerprint density at radius 3 is 2.16 bits per heavy atom. The summed E-state index contributed by atoms with van der Waals surface area (Å²) in [6.07, 6.45) is 0.814. The van der Waals surface area contributed by atoms with Crippen molar-refractivity contribution in [2.45, 2.75) is 32.7 Å². The van der Waals surface area contributed by atoms with Crippen molar-refractivity contribution in [3.63, 3.8) is 0 Å². The van der Waals surface area contributed by atoms with Crippen LogP contribution in [0.5, 0.6) is 17.2 Å². The average Bonchev–Trinajstić information content (AvgIpc) is 3.55. The number of hydrogen-bond acceptors (Lipinski definition) is 7. The number of amides is 1. The number of nitrogens with one attached hydrogen (secondary N) is 1. The van der Waals surface area contributed by atoms with Gasteiger partial charge in [0.05, 0.1) is 20.8 Å². The highest BCUT2D eigenvalue weighted by atomic mass is 32.1. The molecule has 8 heteroatoms. The first-order chi connectivity index (χ1) is 21.6. The summed E-state index contributed by atoms with van der Waals surface area (Å²) >= 11 is 1.51. The van der Waals surface area contributed by atoms with Gasteiger partial charge in [-0.05, 0) is 52.9 Å². The number of methoxy groups -OCH3 is 2. The Hall–Kier alpha value is -4.66. The molecule has 5 rings (SSSR count). The van der Waals surface area contributed by atoms with Crippen molar-refractivity contribution in [3.8, 4) is 17.2 Å². The maximum Gasteiger partial charge on any atom is 0.271 e. The Bertz CT molecular complexity index is 1610. The quantitative estimate of drug-likeness (QED) is 0.139. The summed E-state index contributed by atoms with van der Waals surface area (Å²) in [5.41, 5.74) is 4.95. The van der Waals surface area contributed by atoms with Crippen LogP contribution < -0.4 is 19.5 Å². The number of benzene rings is 4. The molecule has 0 aliphatic rings. The molecule has 4 aromatic carbocycles. The normalized spacial score (nSPS) is 10.9. The summed E-state index contributed by atoms with van der Waals surface area (Å²) in [4.78, 5) is 19.8. The molecule has 0 saturated carbocycles. The summed E-state index contributed by atoms with van der Waals surface area (Å²) in [5, 5.41) is 5.70. The summed E-state index contributed by atoms with van der Waals surface area (Å²) in [5.74, 6) is 2.09. The van der Waals surface area contributed by atoms with Gasteiger partial charge in [-0.25, -0.2) is 4.98 Å². The van der Waals surface area contributed by atoms with E-state index in [1.54, 1.807) is 14.2 Å². The molecule has 0 unspecified atom stereocenters. The van der Waals surface area contributed by atoms with E-state index in [-0.39, 0.29) is 5.91 Å². The van der Waals surface area contributed by atoms with Gasteiger partial charge < -0.3 is 19.5 Å². The minimum absolute atomic E-state index is 0.167. The van der Waals surface area contributed by atoms with Gasteiger partial charge in [0.2, 0.25) is 0 Å². The zero-order valence-corrected chi connectivity index (χ0v) is 25.9. The van der Waals surface area contributed by atoms with Crippen LogP contribution in [-0.4, -0.2) is 36.6 Å². The third-order valence-corrected chi connectivity index (χ3v) is 8.02. The number of thiazole rings is 1. The van der Waals surface area contributed by atoms with Gasteiger partial charge in [0, 0.05) is 25.0 Å². The fourth-order valence-electron chi connectivity index (χ4n) is 4.78. The van der Waals surface area contributed by atoms with E-state index in [1.807, 2.05) is 78.2 Å². The van der Waals surface area contributed by atoms with Gasteiger partial charge in [-0.15, -0.1) is 11.3 Å². The zero-order valence-electron chi connectivity index (χ0n) is 25.1. The second-order valence-electron chi connectivity index (χ2n) is 10.4. The van der Waals surface area contributed by atoms with Crippen molar-refractivity contribution in [2.24, 2.45) is 0 Å². The van der Waals surface area contributed by atoms with Crippen LogP contribution in [0.1, 0.15) is 37.7 Å². The standard InChI is InChI=1S/C36H37N3O4S/c1-41-33-18-15-27(21-34(33)42-2)19-20-39(23-29-13-16-31(17-14-29)43-25-30-11-7-4-8-12-30)24-35-38-32(26-44-35)36(40)37-22-28-9-5-3-6-10-28/h3-18,21,26H,19-20,22-25H2,1-2H3,(H,37,40). The molecule has 0 spiro atoms. The Labute approximate surface area is 263 Å². The van der Waals surface area contributed by atoms with E-state index in [2.05, 4.69) is 45.5 Å². The molecule has 0 radical (unpaired) electrons. The highest BCUT2D eigenvalue weighted by Gasteiger charge is 2.15. The van der Waals surface area contributed by atoms with Gasteiger partial charge in [0.25, 0.3) is 5.91 Å². The van der Waals surface area contributed by atoms with E-state index in [4.69, 9.17) is 14.2 Å². The maximum atomic E-state index is 12.8. The molecule has 226 valence electrons. The number of carbonyl (C=O) groups excluding carboxylic acids is 1. The highest BCUT2D eigenvalue weighted by molar-refractivity contribution is 7.09. The second-order valence-corrected chi connectivity index (χ2v) is 11.3. The smallest absolute Gasteiger partial charge is 0.271 e. The zero-order chi connectivity index (χ0) is 30.6. The largest absolute Gasteiger partial charge is 0.493 e. The SMILES string of the molecule is COc1ccc(CCN(Cc2ccc(OCc3ccccc3)cc2)Cc2nc(C(=O)NCc3ccccc3)cs2)cc1OC. The van der Waals surface area contributed by atoms with Crippen LogP contribution in [0.15, 0.2) is 109 Å². The van der Waals surface area contributed by atoms with Crippen LogP contribution in [0.25, 0.3) is 0 Å². The monoisotopic (exact) mass is 607 g/mol. The van der Waals surface area contributed by atoms with Gasteiger partial charge >= 0.3 is 0 Å². The van der Waals surface area contributed by atoms with E-state index in [9.17, 15) is 4.79 Å². The summed E-state index contributed by atoms with van der Waals surface area (Å²) in [6, 6.07) is 34.3. The molecule has 5 aromatic rings. The van der Waals surface area contributed by atoms with Gasteiger partial charge in [-0.1, -0.05) is 78.9 Å². The molecule has 1 aromatic heterocycles. The minimum atomic E-state index is -0.167. The lowest BCUT2D eigenvalue weighted by atomic mass is 10.1. The number of ether oxygens (including phenoxy) is 3. The summed E-state index contributed by atoms with van der Waals surface area (Å²) in [7, 11) is 3.29. The average molecular weight is 608 g/mol. The van der Waals surface area contributed by atoms with Crippen molar-refractivity contribution in [1.29, 1.82) is 0 Å². The number of rotatable bonds is 15. The molecule has 0 aliphatic carbocycles. The molecular formula is C36H37N3O4S. The Morgan fingerprint density at radius 2 is 1.45 bits per heavy atom. The van der Waals surface area contributed by atoms with Gasteiger partial charge in [0.15, 0.2) is 11.5 Å². The molecule has 0 bridgehead atoms.